The van der Waals surface area contributed by atoms with E-state index in [9.17, 15) is 9.59 Å². The highest BCUT2D eigenvalue weighted by atomic mass is 16.5. The molecule has 26 heavy (non-hydrogen) atoms. The summed E-state index contributed by atoms with van der Waals surface area (Å²) in [6.07, 6.45) is 0. The number of ether oxygens (including phenoxy) is 1. The molecule has 1 aliphatic heterocycles. The van der Waals surface area contributed by atoms with Crippen molar-refractivity contribution < 1.29 is 14.3 Å². The van der Waals surface area contributed by atoms with Gasteiger partial charge in [-0.05, 0) is 50.2 Å². The first-order chi connectivity index (χ1) is 12.6. The zero-order valence-electron chi connectivity index (χ0n) is 15.3. The van der Waals surface area contributed by atoms with E-state index in [1.54, 1.807) is 17.0 Å². The summed E-state index contributed by atoms with van der Waals surface area (Å²) in [5.74, 6) is 0.787. The van der Waals surface area contributed by atoms with Crippen LogP contribution in [0.1, 0.15) is 33.2 Å². The van der Waals surface area contributed by atoms with Crippen LogP contribution in [0.15, 0.2) is 48.5 Å². The number of piperazine rings is 1. The Morgan fingerprint density at radius 3 is 2.00 bits per heavy atom. The minimum Gasteiger partial charge on any atom is -0.494 e. The zero-order chi connectivity index (χ0) is 18.5. The Morgan fingerprint density at radius 2 is 1.46 bits per heavy atom. The van der Waals surface area contributed by atoms with Crippen LogP contribution in [0.3, 0.4) is 0 Å². The van der Waals surface area contributed by atoms with E-state index in [-0.39, 0.29) is 11.8 Å². The fourth-order valence-electron chi connectivity index (χ4n) is 3.12. The molecule has 0 bridgehead atoms. The quantitative estimate of drug-likeness (QED) is 0.850. The summed E-state index contributed by atoms with van der Waals surface area (Å²) in [4.78, 5) is 28.9. The lowest BCUT2D eigenvalue weighted by Crippen LogP contribution is -2.50. The third-order valence-electron chi connectivity index (χ3n) is 4.53. The van der Waals surface area contributed by atoms with Gasteiger partial charge in [0.1, 0.15) is 5.75 Å². The summed E-state index contributed by atoms with van der Waals surface area (Å²) >= 11 is 0. The van der Waals surface area contributed by atoms with Crippen LogP contribution >= 0.6 is 0 Å². The van der Waals surface area contributed by atoms with Gasteiger partial charge in [-0.2, -0.15) is 0 Å². The van der Waals surface area contributed by atoms with Crippen molar-refractivity contribution in [3.8, 4) is 5.75 Å². The van der Waals surface area contributed by atoms with Crippen LogP contribution < -0.4 is 4.74 Å². The molecule has 0 unspecified atom stereocenters. The molecule has 3 rings (SSSR count). The Labute approximate surface area is 154 Å². The normalized spacial score (nSPS) is 14.2. The van der Waals surface area contributed by atoms with Gasteiger partial charge in [0.25, 0.3) is 11.8 Å². The maximum atomic E-state index is 12.6. The summed E-state index contributed by atoms with van der Waals surface area (Å²) in [6, 6.07) is 14.8. The van der Waals surface area contributed by atoms with Gasteiger partial charge in [-0.25, -0.2) is 0 Å². The second-order valence-electron chi connectivity index (χ2n) is 6.41. The highest BCUT2D eigenvalue weighted by Crippen LogP contribution is 2.16. The third kappa shape index (κ3) is 4.04. The summed E-state index contributed by atoms with van der Waals surface area (Å²) < 4.78 is 5.41. The van der Waals surface area contributed by atoms with Gasteiger partial charge in [-0.3, -0.25) is 9.59 Å². The Kier molecular flexibility index (Phi) is 5.56. The molecular formula is C21H24N2O3. The largest absolute Gasteiger partial charge is 0.494 e. The van der Waals surface area contributed by atoms with Crippen LogP contribution in [0.4, 0.5) is 0 Å². The van der Waals surface area contributed by atoms with Gasteiger partial charge in [0, 0.05) is 37.3 Å². The lowest BCUT2D eigenvalue weighted by molar-refractivity contribution is 0.0535. The zero-order valence-corrected chi connectivity index (χ0v) is 15.3. The second kappa shape index (κ2) is 8.04. The third-order valence-corrected chi connectivity index (χ3v) is 4.53. The molecule has 1 fully saturated rings. The topological polar surface area (TPSA) is 49.9 Å². The summed E-state index contributed by atoms with van der Waals surface area (Å²) in [7, 11) is 0. The van der Waals surface area contributed by atoms with Crippen molar-refractivity contribution in [1.82, 2.24) is 9.80 Å². The van der Waals surface area contributed by atoms with Gasteiger partial charge in [0.15, 0.2) is 0 Å². The van der Waals surface area contributed by atoms with E-state index in [0.29, 0.717) is 43.9 Å². The molecule has 0 spiro atoms. The van der Waals surface area contributed by atoms with Gasteiger partial charge >= 0.3 is 0 Å². The van der Waals surface area contributed by atoms with E-state index < -0.39 is 0 Å². The number of hydrogen-bond acceptors (Lipinski definition) is 3. The van der Waals surface area contributed by atoms with Crippen molar-refractivity contribution in [2.45, 2.75) is 13.8 Å². The second-order valence-corrected chi connectivity index (χ2v) is 6.41. The number of rotatable bonds is 4. The van der Waals surface area contributed by atoms with Crippen molar-refractivity contribution in [3.05, 3.63) is 65.2 Å². The average molecular weight is 352 g/mol. The number of aryl methyl sites for hydroxylation is 1. The molecule has 2 amide bonds. The average Bonchev–Trinajstić information content (AvgIpc) is 2.68. The van der Waals surface area contributed by atoms with Crippen molar-refractivity contribution in [1.29, 1.82) is 0 Å². The molecule has 136 valence electrons. The van der Waals surface area contributed by atoms with E-state index in [1.165, 1.54) is 0 Å². The summed E-state index contributed by atoms with van der Waals surface area (Å²) in [5.41, 5.74) is 2.42. The van der Waals surface area contributed by atoms with Gasteiger partial charge in [0.2, 0.25) is 0 Å². The van der Waals surface area contributed by atoms with Crippen molar-refractivity contribution in [3.63, 3.8) is 0 Å². The minimum absolute atomic E-state index is 0.00398. The molecular weight excluding hydrogens is 328 g/mol. The molecule has 1 saturated heterocycles. The number of benzene rings is 2. The van der Waals surface area contributed by atoms with Crippen LogP contribution in [0.25, 0.3) is 0 Å². The molecule has 0 aliphatic carbocycles. The molecule has 0 radical (unpaired) electrons. The Morgan fingerprint density at radius 1 is 0.885 bits per heavy atom. The molecule has 2 aromatic carbocycles. The van der Waals surface area contributed by atoms with E-state index in [0.717, 1.165) is 11.3 Å². The van der Waals surface area contributed by atoms with Crippen LogP contribution in [-0.2, 0) is 0 Å². The smallest absolute Gasteiger partial charge is 0.253 e. The molecule has 2 aromatic rings. The molecule has 0 aromatic heterocycles. The lowest BCUT2D eigenvalue weighted by Gasteiger charge is -2.35. The highest BCUT2D eigenvalue weighted by molar-refractivity contribution is 5.96. The fraction of sp³-hybridized carbons (Fsp3) is 0.333. The molecule has 0 atom stereocenters. The predicted octanol–water partition coefficient (Wildman–Crippen LogP) is 2.99. The van der Waals surface area contributed by atoms with Crippen LogP contribution in [0, 0.1) is 6.92 Å². The predicted molar refractivity (Wildman–Crippen MR) is 101 cm³/mol. The van der Waals surface area contributed by atoms with E-state index >= 15 is 0 Å². The minimum atomic E-state index is -0.00398. The van der Waals surface area contributed by atoms with E-state index in [1.807, 2.05) is 55.1 Å². The van der Waals surface area contributed by atoms with Crippen molar-refractivity contribution in [2.24, 2.45) is 0 Å². The molecule has 5 heteroatoms. The first-order valence-corrected chi connectivity index (χ1v) is 8.96. The molecule has 1 aliphatic rings. The van der Waals surface area contributed by atoms with E-state index in [4.69, 9.17) is 4.74 Å². The summed E-state index contributed by atoms with van der Waals surface area (Å²) in [6.45, 7) is 6.70. The molecule has 0 saturated carbocycles. The first-order valence-electron chi connectivity index (χ1n) is 8.96. The number of carbonyl (C=O) groups excluding carboxylic acids is 2. The maximum absolute atomic E-state index is 12.6. The number of nitrogens with zero attached hydrogens (tertiary/aromatic N) is 2. The first kappa shape index (κ1) is 18.0. The highest BCUT2D eigenvalue weighted by Gasteiger charge is 2.25. The molecule has 0 N–H and O–H groups in total. The summed E-state index contributed by atoms with van der Waals surface area (Å²) in [5, 5.41) is 0. The monoisotopic (exact) mass is 352 g/mol. The molecule has 5 nitrogen and oxygen atoms in total. The lowest BCUT2D eigenvalue weighted by atomic mass is 10.1. The number of carbonyl (C=O) groups is 2. The fourth-order valence-corrected chi connectivity index (χ4v) is 3.12. The van der Waals surface area contributed by atoms with Gasteiger partial charge < -0.3 is 14.5 Å². The maximum Gasteiger partial charge on any atom is 0.253 e. The Bertz CT molecular complexity index is 778. The van der Waals surface area contributed by atoms with Crippen LogP contribution in [-0.4, -0.2) is 54.4 Å². The van der Waals surface area contributed by atoms with Crippen molar-refractivity contribution in [2.75, 3.05) is 32.8 Å². The van der Waals surface area contributed by atoms with Gasteiger partial charge in [-0.1, -0.05) is 17.7 Å². The number of amides is 2. The molecule has 1 heterocycles. The van der Waals surface area contributed by atoms with Crippen molar-refractivity contribution >= 4 is 11.8 Å². The number of hydrogen-bond donors (Lipinski definition) is 0. The van der Waals surface area contributed by atoms with Gasteiger partial charge in [0.05, 0.1) is 6.61 Å². The van der Waals surface area contributed by atoms with Crippen LogP contribution in [0.2, 0.25) is 0 Å². The van der Waals surface area contributed by atoms with Gasteiger partial charge in [-0.15, -0.1) is 0 Å². The Hall–Kier alpha value is -2.82. The van der Waals surface area contributed by atoms with Crippen LogP contribution in [0.5, 0.6) is 5.75 Å². The Balaban J connectivity index is 1.59. The van der Waals surface area contributed by atoms with E-state index in [2.05, 4.69) is 0 Å². The standard InChI is InChI=1S/C21H24N2O3/c1-3-26-19-9-7-17(8-10-19)20(24)22-11-13-23(14-12-22)21(25)18-6-4-5-16(2)15-18/h4-10,15H,3,11-14H2,1-2H3. The SMILES string of the molecule is CCOc1ccc(C(=O)N2CCN(C(=O)c3cccc(C)c3)CC2)cc1.